The maximum Gasteiger partial charge on any atom is 0.246 e. The van der Waals surface area contributed by atoms with Gasteiger partial charge in [-0.1, -0.05) is 30.3 Å². The molecule has 10 heteroatoms. The molecule has 2 heterocycles. The van der Waals surface area contributed by atoms with Gasteiger partial charge >= 0.3 is 0 Å². The van der Waals surface area contributed by atoms with E-state index in [9.17, 15) is 19.2 Å². The zero-order chi connectivity index (χ0) is 22.4. The number of rotatable bonds is 8. The second-order valence-corrected chi connectivity index (χ2v) is 9.66. The highest BCUT2D eigenvalue weighted by molar-refractivity contribution is 7.99. The fraction of sp³-hybridized carbons (Fsp3) is 0.524. The number of primary amides is 1. The standard InChI is InChI=1S/C21H28N4O4S2/c1-30-10-9-15(21(29)25-12-31-11-16(25)19(22)27)23-20(28)18-14(7-8-17(26)24-18)13-5-3-2-4-6-13/h2-6,14-16,18H,7-12H2,1H3,(H2,22,27)(H,23,28)(H,24,26)/t14?,15-,16?,18?/m0/s1. The summed E-state index contributed by atoms with van der Waals surface area (Å²) in [6.07, 6.45) is 3.26. The first kappa shape index (κ1) is 23.5. The summed E-state index contributed by atoms with van der Waals surface area (Å²) in [7, 11) is 0. The molecular weight excluding hydrogens is 436 g/mol. The quantitative estimate of drug-likeness (QED) is 0.520. The van der Waals surface area contributed by atoms with Gasteiger partial charge in [-0.05, 0) is 30.4 Å². The first-order chi connectivity index (χ1) is 14.9. The molecule has 2 aliphatic heterocycles. The third-order valence-electron chi connectivity index (χ3n) is 5.63. The summed E-state index contributed by atoms with van der Waals surface area (Å²) in [5, 5.41) is 5.66. The van der Waals surface area contributed by atoms with Gasteiger partial charge in [-0.15, -0.1) is 11.8 Å². The van der Waals surface area contributed by atoms with Crippen molar-refractivity contribution >= 4 is 47.2 Å². The predicted octanol–water partition coefficient (Wildman–Crippen LogP) is 0.673. The van der Waals surface area contributed by atoms with Gasteiger partial charge < -0.3 is 21.3 Å². The number of thioether (sulfide) groups is 2. The Morgan fingerprint density at radius 3 is 2.74 bits per heavy atom. The Morgan fingerprint density at radius 2 is 2.06 bits per heavy atom. The van der Waals surface area contributed by atoms with E-state index in [1.807, 2.05) is 36.6 Å². The Kier molecular flexibility index (Phi) is 8.25. The number of carbonyl (C=O) groups excluding carboxylic acids is 4. The first-order valence-electron chi connectivity index (χ1n) is 10.2. The van der Waals surface area contributed by atoms with E-state index in [4.69, 9.17) is 5.73 Å². The van der Waals surface area contributed by atoms with Crippen LogP contribution in [0.15, 0.2) is 30.3 Å². The lowest BCUT2D eigenvalue weighted by Gasteiger charge is -2.33. The molecule has 2 saturated heterocycles. The van der Waals surface area contributed by atoms with Gasteiger partial charge in [0.25, 0.3) is 0 Å². The van der Waals surface area contributed by atoms with Gasteiger partial charge in [0.15, 0.2) is 0 Å². The zero-order valence-corrected chi connectivity index (χ0v) is 19.0. The Morgan fingerprint density at radius 1 is 1.32 bits per heavy atom. The number of hydrogen-bond acceptors (Lipinski definition) is 6. The lowest BCUT2D eigenvalue weighted by atomic mass is 9.84. The van der Waals surface area contributed by atoms with E-state index in [2.05, 4.69) is 10.6 Å². The largest absolute Gasteiger partial charge is 0.368 e. The molecule has 4 atom stereocenters. The number of carbonyl (C=O) groups is 4. The summed E-state index contributed by atoms with van der Waals surface area (Å²) in [4.78, 5) is 51.7. The molecule has 8 nitrogen and oxygen atoms in total. The molecule has 1 aromatic carbocycles. The molecule has 168 valence electrons. The van der Waals surface area contributed by atoms with E-state index in [1.54, 1.807) is 11.8 Å². The normalized spacial score (nSPS) is 24.4. The van der Waals surface area contributed by atoms with Crippen LogP contribution in [0.2, 0.25) is 0 Å². The van der Waals surface area contributed by atoms with Crippen molar-refractivity contribution in [2.75, 3.05) is 23.6 Å². The monoisotopic (exact) mass is 464 g/mol. The van der Waals surface area contributed by atoms with Gasteiger partial charge in [-0.2, -0.15) is 11.8 Å². The van der Waals surface area contributed by atoms with E-state index in [-0.39, 0.29) is 23.6 Å². The van der Waals surface area contributed by atoms with E-state index in [1.165, 1.54) is 16.7 Å². The average molecular weight is 465 g/mol. The SMILES string of the molecule is CSCC[C@H](NC(=O)C1NC(=O)CCC1c1ccccc1)C(=O)N1CSCC1C(N)=O. The van der Waals surface area contributed by atoms with E-state index < -0.39 is 24.0 Å². The van der Waals surface area contributed by atoms with Crippen molar-refractivity contribution in [2.45, 2.75) is 43.3 Å². The van der Waals surface area contributed by atoms with Gasteiger partial charge in [-0.25, -0.2) is 0 Å². The number of nitrogens with two attached hydrogens (primary N) is 1. The minimum atomic E-state index is -0.782. The number of piperidine rings is 1. The van der Waals surface area contributed by atoms with Crippen molar-refractivity contribution < 1.29 is 19.2 Å². The van der Waals surface area contributed by atoms with Crippen LogP contribution in [0, 0.1) is 0 Å². The molecule has 3 rings (SSSR count). The smallest absolute Gasteiger partial charge is 0.246 e. The Balaban J connectivity index is 1.77. The predicted molar refractivity (Wildman–Crippen MR) is 122 cm³/mol. The molecule has 0 saturated carbocycles. The van der Waals surface area contributed by atoms with Gasteiger partial charge in [0.05, 0.1) is 5.88 Å². The number of nitrogens with one attached hydrogen (secondary N) is 2. The van der Waals surface area contributed by atoms with Crippen LogP contribution in [0.25, 0.3) is 0 Å². The molecule has 0 aromatic heterocycles. The summed E-state index contributed by atoms with van der Waals surface area (Å²) in [5.74, 6) is -0.0996. The minimum absolute atomic E-state index is 0.170. The lowest BCUT2D eigenvalue weighted by Crippen LogP contribution is -2.58. The Hall–Kier alpha value is -2.20. The van der Waals surface area contributed by atoms with Crippen LogP contribution >= 0.6 is 23.5 Å². The number of benzene rings is 1. The molecule has 3 unspecified atom stereocenters. The molecule has 0 radical (unpaired) electrons. The summed E-state index contributed by atoms with van der Waals surface area (Å²) in [6, 6.07) is 7.39. The van der Waals surface area contributed by atoms with Crippen molar-refractivity contribution in [3.63, 3.8) is 0 Å². The third kappa shape index (κ3) is 5.74. The molecule has 4 N–H and O–H groups in total. The van der Waals surface area contributed by atoms with Gasteiger partial charge in [0.2, 0.25) is 23.6 Å². The molecule has 2 aliphatic rings. The van der Waals surface area contributed by atoms with E-state index >= 15 is 0 Å². The van der Waals surface area contributed by atoms with Crippen molar-refractivity contribution in [1.82, 2.24) is 15.5 Å². The Labute approximate surface area is 190 Å². The van der Waals surface area contributed by atoms with Crippen LogP contribution < -0.4 is 16.4 Å². The van der Waals surface area contributed by atoms with Crippen LogP contribution in [0.4, 0.5) is 0 Å². The van der Waals surface area contributed by atoms with Gasteiger partial charge in [-0.3, -0.25) is 19.2 Å². The molecule has 4 amide bonds. The van der Waals surface area contributed by atoms with E-state index in [0.29, 0.717) is 36.6 Å². The van der Waals surface area contributed by atoms with Crippen LogP contribution in [-0.2, 0) is 19.2 Å². The van der Waals surface area contributed by atoms with Crippen LogP contribution in [0.1, 0.15) is 30.7 Å². The van der Waals surface area contributed by atoms with Crippen molar-refractivity contribution in [2.24, 2.45) is 5.73 Å². The van der Waals surface area contributed by atoms with Gasteiger partial charge in [0, 0.05) is 18.1 Å². The summed E-state index contributed by atoms with van der Waals surface area (Å²) < 4.78 is 0. The minimum Gasteiger partial charge on any atom is -0.368 e. The third-order valence-corrected chi connectivity index (χ3v) is 7.29. The first-order valence-corrected chi connectivity index (χ1v) is 12.8. The number of amides is 4. The maximum absolute atomic E-state index is 13.2. The summed E-state index contributed by atoms with van der Waals surface area (Å²) in [6.45, 7) is 0. The van der Waals surface area contributed by atoms with Crippen molar-refractivity contribution in [3.05, 3.63) is 35.9 Å². The fourth-order valence-corrected chi connectivity index (χ4v) is 5.61. The van der Waals surface area contributed by atoms with Gasteiger partial charge in [0.1, 0.15) is 18.1 Å². The van der Waals surface area contributed by atoms with Crippen LogP contribution in [0.5, 0.6) is 0 Å². The Bertz CT molecular complexity index is 823. The molecule has 31 heavy (non-hydrogen) atoms. The number of nitrogens with zero attached hydrogens (tertiary/aromatic N) is 1. The van der Waals surface area contributed by atoms with Crippen molar-refractivity contribution in [1.29, 1.82) is 0 Å². The molecule has 0 aliphatic carbocycles. The molecule has 2 fully saturated rings. The number of hydrogen-bond donors (Lipinski definition) is 3. The molecule has 0 bridgehead atoms. The molecule has 0 spiro atoms. The van der Waals surface area contributed by atoms with Crippen LogP contribution in [0.3, 0.4) is 0 Å². The highest BCUT2D eigenvalue weighted by atomic mass is 32.2. The van der Waals surface area contributed by atoms with E-state index in [0.717, 1.165) is 5.56 Å². The zero-order valence-electron chi connectivity index (χ0n) is 17.4. The second-order valence-electron chi connectivity index (χ2n) is 7.67. The maximum atomic E-state index is 13.2. The summed E-state index contributed by atoms with van der Waals surface area (Å²) >= 11 is 3.03. The highest BCUT2D eigenvalue weighted by Crippen LogP contribution is 2.29. The second kappa shape index (κ2) is 10.9. The topological polar surface area (TPSA) is 122 Å². The highest BCUT2D eigenvalue weighted by Gasteiger charge is 2.40. The molecular formula is C21H28N4O4S2. The van der Waals surface area contributed by atoms with Crippen molar-refractivity contribution in [3.8, 4) is 0 Å². The van der Waals surface area contributed by atoms with Crippen LogP contribution in [-0.4, -0.2) is 70.3 Å². The molecule has 1 aromatic rings. The summed E-state index contributed by atoms with van der Waals surface area (Å²) in [5.41, 5.74) is 6.43. The fourth-order valence-electron chi connectivity index (χ4n) is 3.96. The average Bonchev–Trinajstić information content (AvgIpc) is 3.27. The lowest BCUT2D eigenvalue weighted by molar-refractivity contribution is -0.141.